The third-order valence-electron chi connectivity index (χ3n) is 3.14. The molecule has 20 heavy (non-hydrogen) atoms. The molecule has 0 spiro atoms. The second kappa shape index (κ2) is 6.14. The van der Waals surface area contributed by atoms with Crippen LogP contribution in [0, 0.1) is 10.1 Å². The fraction of sp³-hybridized carbons (Fsp3) is 0.500. The van der Waals surface area contributed by atoms with E-state index < -0.39 is 29.5 Å². The summed E-state index contributed by atoms with van der Waals surface area (Å²) in [5.41, 5.74) is 0.458. The molecule has 1 fully saturated rings. The molecule has 1 heterocycles. The molecule has 110 valence electrons. The van der Waals surface area contributed by atoms with Gasteiger partial charge in [0, 0.05) is 24.2 Å². The van der Waals surface area contributed by atoms with Crippen LogP contribution in [-0.4, -0.2) is 51.4 Å². The summed E-state index contributed by atoms with van der Waals surface area (Å²) in [6.07, 6.45) is -3.46. The van der Waals surface area contributed by atoms with E-state index in [1.807, 2.05) is 0 Å². The van der Waals surface area contributed by atoms with Crippen molar-refractivity contribution in [1.82, 2.24) is 0 Å². The highest BCUT2D eigenvalue weighted by Gasteiger charge is 2.36. The first-order valence-electron chi connectivity index (χ1n) is 6.14. The monoisotopic (exact) mass is 284 g/mol. The van der Waals surface area contributed by atoms with Gasteiger partial charge in [-0.3, -0.25) is 10.1 Å². The number of anilines is 1. The van der Waals surface area contributed by atoms with Gasteiger partial charge in [-0.2, -0.15) is 0 Å². The Labute approximate surface area is 114 Å². The maximum Gasteiger partial charge on any atom is 0.269 e. The second-order valence-corrected chi connectivity index (χ2v) is 4.60. The van der Waals surface area contributed by atoms with E-state index >= 15 is 0 Å². The van der Waals surface area contributed by atoms with E-state index in [4.69, 9.17) is 9.84 Å². The highest BCUT2D eigenvalue weighted by atomic mass is 16.6. The Hall–Kier alpha value is -1.74. The molecule has 0 unspecified atom stereocenters. The summed E-state index contributed by atoms with van der Waals surface area (Å²) < 4.78 is 5.39. The van der Waals surface area contributed by atoms with Crippen LogP contribution < -0.4 is 5.32 Å². The van der Waals surface area contributed by atoms with E-state index in [1.165, 1.54) is 24.3 Å². The van der Waals surface area contributed by atoms with Crippen LogP contribution in [0.5, 0.6) is 0 Å². The number of nitrogens with zero attached hydrogens (tertiary/aromatic N) is 1. The molecule has 0 amide bonds. The predicted molar refractivity (Wildman–Crippen MR) is 69.1 cm³/mol. The van der Waals surface area contributed by atoms with Gasteiger partial charge in [-0.05, 0) is 12.1 Å². The third kappa shape index (κ3) is 3.23. The van der Waals surface area contributed by atoms with Crippen molar-refractivity contribution in [3.8, 4) is 0 Å². The molecule has 0 aliphatic carbocycles. The maximum atomic E-state index is 10.5. The van der Waals surface area contributed by atoms with Gasteiger partial charge in [-0.1, -0.05) is 0 Å². The van der Waals surface area contributed by atoms with Crippen molar-refractivity contribution in [2.24, 2.45) is 0 Å². The topological polar surface area (TPSA) is 125 Å². The maximum absolute atomic E-state index is 10.5. The lowest BCUT2D eigenvalue weighted by Crippen LogP contribution is -2.52. The minimum Gasteiger partial charge on any atom is -0.394 e. The van der Waals surface area contributed by atoms with Gasteiger partial charge in [-0.15, -0.1) is 0 Å². The molecule has 1 aliphatic rings. The summed E-state index contributed by atoms with van der Waals surface area (Å²) in [5, 5.41) is 41.9. The molecule has 0 saturated carbocycles. The van der Waals surface area contributed by atoms with Crippen LogP contribution in [0.4, 0.5) is 11.4 Å². The summed E-state index contributed by atoms with van der Waals surface area (Å²) >= 11 is 0. The van der Waals surface area contributed by atoms with Gasteiger partial charge in [0.25, 0.3) is 5.69 Å². The molecule has 0 radical (unpaired) electrons. The number of rotatable bonds is 4. The molecule has 4 atom stereocenters. The molecule has 0 bridgehead atoms. The Morgan fingerprint density at radius 3 is 2.55 bits per heavy atom. The van der Waals surface area contributed by atoms with E-state index in [0.717, 1.165) is 0 Å². The zero-order valence-electron chi connectivity index (χ0n) is 10.5. The molecule has 1 aromatic rings. The third-order valence-corrected chi connectivity index (χ3v) is 3.14. The first-order chi connectivity index (χ1) is 9.51. The second-order valence-electron chi connectivity index (χ2n) is 4.60. The molecule has 2 rings (SSSR count). The van der Waals surface area contributed by atoms with E-state index in [9.17, 15) is 20.3 Å². The summed E-state index contributed by atoms with van der Waals surface area (Å²) in [4.78, 5) is 10.0. The van der Waals surface area contributed by atoms with Crippen molar-refractivity contribution in [2.45, 2.75) is 31.0 Å². The largest absolute Gasteiger partial charge is 0.394 e. The van der Waals surface area contributed by atoms with Crippen LogP contribution in [0.25, 0.3) is 0 Å². The standard InChI is InChI=1S/C12H16N2O6/c15-6-9-5-10(16)11(17)12(20-9)13-7-1-3-8(4-2-7)14(18)19/h1-4,9-13,15-17H,5-6H2/t9-,10-,11+,12-/m1/s1. The zero-order chi connectivity index (χ0) is 14.7. The van der Waals surface area contributed by atoms with Crippen LogP contribution in [0.15, 0.2) is 24.3 Å². The highest BCUT2D eigenvalue weighted by Crippen LogP contribution is 2.23. The normalized spacial score (nSPS) is 29.9. The van der Waals surface area contributed by atoms with Crippen molar-refractivity contribution in [1.29, 1.82) is 0 Å². The Morgan fingerprint density at radius 1 is 1.35 bits per heavy atom. The average molecular weight is 284 g/mol. The van der Waals surface area contributed by atoms with Gasteiger partial charge < -0.3 is 25.4 Å². The Morgan fingerprint density at radius 2 is 2.00 bits per heavy atom. The number of benzene rings is 1. The summed E-state index contributed by atoms with van der Waals surface area (Å²) in [7, 11) is 0. The number of nitro benzene ring substituents is 1. The van der Waals surface area contributed by atoms with Crippen LogP contribution in [-0.2, 0) is 4.74 Å². The number of aliphatic hydroxyl groups is 3. The number of nitro groups is 1. The first kappa shape index (κ1) is 14.7. The van der Waals surface area contributed by atoms with Gasteiger partial charge >= 0.3 is 0 Å². The predicted octanol–water partition coefficient (Wildman–Crippen LogP) is -0.164. The SMILES string of the molecule is O=[N+]([O-])c1ccc(N[C@@H]2O[C@@H](CO)C[C@@H](O)[C@@H]2O)cc1. The first-order valence-corrected chi connectivity index (χ1v) is 6.14. The Balaban J connectivity index is 2.05. The van der Waals surface area contributed by atoms with Gasteiger partial charge in [0.15, 0.2) is 6.23 Å². The van der Waals surface area contributed by atoms with Crippen molar-refractivity contribution in [3.63, 3.8) is 0 Å². The lowest BCUT2D eigenvalue weighted by atomic mass is 10.0. The lowest BCUT2D eigenvalue weighted by molar-refractivity contribution is -0.384. The number of aliphatic hydroxyl groups excluding tert-OH is 3. The van der Waals surface area contributed by atoms with Crippen molar-refractivity contribution in [2.75, 3.05) is 11.9 Å². The minimum absolute atomic E-state index is 0.0473. The van der Waals surface area contributed by atoms with E-state index in [0.29, 0.717) is 5.69 Å². The minimum atomic E-state index is -1.15. The Bertz CT molecular complexity index is 466. The van der Waals surface area contributed by atoms with Crippen molar-refractivity contribution in [3.05, 3.63) is 34.4 Å². The summed E-state index contributed by atoms with van der Waals surface area (Å²) in [6, 6.07) is 5.58. The summed E-state index contributed by atoms with van der Waals surface area (Å²) in [6.45, 7) is -0.262. The van der Waals surface area contributed by atoms with Crippen molar-refractivity contribution < 1.29 is 25.0 Å². The molecule has 1 aliphatic heterocycles. The van der Waals surface area contributed by atoms with E-state index in [2.05, 4.69) is 5.32 Å². The van der Waals surface area contributed by atoms with Gasteiger partial charge in [-0.25, -0.2) is 0 Å². The van der Waals surface area contributed by atoms with Crippen LogP contribution in [0.3, 0.4) is 0 Å². The summed E-state index contributed by atoms with van der Waals surface area (Å²) in [5.74, 6) is 0. The molecular formula is C12H16N2O6. The fourth-order valence-corrected chi connectivity index (χ4v) is 2.03. The van der Waals surface area contributed by atoms with Gasteiger partial charge in [0.2, 0.25) is 0 Å². The lowest BCUT2D eigenvalue weighted by Gasteiger charge is -2.37. The number of hydrogen-bond donors (Lipinski definition) is 4. The highest BCUT2D eigenvalue weighted by molar-refractivity contribution is 5.49. The van der Waals surface area contributed by atoms with Crippen LogP contribution >= 0.6 is 0 Å². The van der Waals surface area contributed by atoms with Crippen molar-refractivity contribution >= 4 is 11.4 Å². The zero-order valence-corrected chi connectivity index (χ0v) is 10.5. The molecule has 8 heteroatoms. The number of ether oxygens (including phenoxy) is 1. The molecule has 0 aromatic heterocycles. The van der Waals surface area contributed by atoms with E-state index in [1.54, 1.807) is 0 Å². The van der Waals surface area contributed by atoms with E-state index in [-0.39, 0.29) is 18.7 Å². The number of hydrogen-bond acceptors (Lipinski definition) is 7. The molecule has 4 N–H and O–H groups in total. The smallest absolute Gasteiger partial charge is 0.269 e. The molecular weight excluding hydrogens is 268 g/mol. The molecule has 1 saturated heterocycles. The van der Waals surface area contributed by atoms with Gasteiger partial charge in [0.05, 0.1) is 23.7 Å². The quantitative estimate of drug-likeness (QED) is 0.447. The molecule has 8 nitrogen and oxygen atoms in total. The fourth-order valence-electron chi connectivity index (χ4n) is 2.03. The van der Waals surface area contributed by atoms with Crippen LogP contribution in [0.1, 0.15) is 6.42 Å². The molecule has 1 aromatic carbocycles. The average Bonchev–Trinajstić information content (AvgIpc) is 2.44. The van der Waals surface area contributed by atoms with Gasteiger partial charge in [0.1, 0.15) is 6.10 Å². The van der Waals surface area contributed by atoms with Crippen LogP contribution in [0.2, 0.25) is 0 Å². The Kier molecular flexibility index (Phi) is 4.50. The number of non-ortho nitro benzene ring substituents is 1. The number of nitrogens with one attached hydrogen (secondary N) is 1.